The summed E-state index contributed by atoms with van der Waals surface area (Å²) in [6.07, 6.45) is 1.83. The van der Waals surface area contributed by atoms with Gasteiger partial charge in [-0.1, -0.05) is 31.0 Å². The molecule has 0 saturated carbocycles. The van der Waals surface area contributed by atoms with E-state index in [2.05, 4.69) is 13.9 Å². The number of hydrogen-bond donors (Lipinski definition) is 0. The van der Waals surface area contributed by atoms with E-state index < -0.39 is 0 Å². The van der Waals surface area contributed by atoms with Crippen LogP contribution in [0.4, 0.5) is 0 Å². The van der Waals surface area contributed by atoms with E-state index in [9.17, 15) is 0 Å². The Morgan fingerprint density at radius 1 is 1.50 bits per heavy atom. The Balaban J connectivity index is 3.10. The Bertz CT molecular complexity index is 281. The molecule has 0 atom stereocenters. The molecule has 1 aromatic carbocycles. The zero-order chi connectivity index (χ0) is 8.97. The molecule has 0 fully saturated rings. The number of methoxy groups -OCH3 is 1. The first-order valence-electron chi connectivity index (χ1n) is 3.91. The molecule has 0 amide bonds. The van der Waals surface area contributed by atoms with Crippen LogP contribution in [0.5, 0.6) is 5.75 Å². The van der Waals surface area contributed by atoms with Crippen molar-refractivity contribution in [1.82, 2.24) is 0 Å². The molecule has 0 aliphatic rings. The molecule has 0 unspecified atom stereocenters. The normalized spacial score (nSPS) is 9.17. The monoisotopic (exact) mass is 159 g/mol. The van der Waals surface area contributed by atoms with E-state index >= 15 is 0 Å². The lowest BCUT2D eigenvalue weighted by molar-refractivity contribution is 0.415. The van der Waals surface area contributed by atoms with Crippen molar-refractivity contribution in [3.8, 4) is 5.75 Å². The van der Waals surface area contributed by atoms with Gasteiger partial charge in [0, 0.05) is 0 Å². The minimum Gasteiger partial charge on any atom is -0.497 e. The van der Waals surface area contributed by atoms with Crippen LogP contribution >= 0.6 is 0 Å². The van der Waals surface area contributed by atoms with E-state index in [4.69, 9.17) is 4.74 Å². The smallest absolute Gasteiger partial charge is 0.149 e. The first-order valence-corrected chi connectivity index (χ1v) is 3.91. The van der Waals surface area contributed by atoms with Crippen molar-refractivity contribution >= 4 is 18.8 Å². The molecule has 1 rings (SSSR count). The highest BCUT2D eigenvalue weighted by Gasteiger charge is 1.98. The van der Waals surface area contributed by atoms with E-state index in [0.29, 0.717) is 0 Å². The highest BCUT2D eigenvalue weighted by atomic mass is 16.5. The van der Waals surface area contributed by atoms with Crippen LogP contribution in [0.3, 0.4) is 0 Å². The lowest BCUT2D eigenvalue weighted by atomic mass is 9.71. The van der Waals surface area contributed by atoms with E-state index in [0.717, 1.165) is 11.3 Å². The minimum absolute atomic E-state index is 0.871. The van der Waals surface area contributed by atoms with Gasteiger partial charge >= 0.3 is 0 Å². The third-order valence-corrected chi connectivity index (χ3v) is 1.82. The average Bonchev–Trinajstić information content (AvgIpc) is 2.16. The quantitative estimate of drug-likeness (QED) is 0.610. The summed E-state index contributed by atoms with van der Waals surface area (Å²) in [5, 5.41) is 0. The molecular weight excluding hydrogens is 147 g/mol. The van der Waals surface area contributed by atoms with Crippen LogP contribution in [0.15, 0.2) is 24.8 Å². The number of hydrogen-bond acceptors (Lipinski definition) is 1. The van der Waals surface area contributed by atoms with Crippen molar-refractivity contribution in [1.29, 1.82) is 0 Å². The third kappa shape index (κ3) is 1.70. The summed E-state index contributed by atoms with van der Waals surface area (Å²) in [6.45, 7) is 5.75. The molecule has 0 N–H and O–H groups in total. The summed E-state index contributed by atoms with van der Waals surface area (Å²) < 4.78 is 5.09. The second-order valence-electron chi connectivity index (χ2n) is 2.49. The molecule has 0 saturated heterocycles. The summed E-state index contributed by atoms with van der Waals surface area (Å²) in [5.41, 5.74) is 2.29. The molecule has 0 aliphatic heterocycles. The van der Waals surface area contributed by atoms with Crippen LogP contribution in [-0.2, 0) is 0 Å². The maximum atomic E-state index is 5.09. The SMILES string of the molecule is C=Cc1cc(OC)ccc1[B]C. The van der Waals surface area contributed by atoms with E-state index in [1.54, 1.807) is 7.11 Å². The number of rotatable bonds is 3. The molecule has 0 heterocycles. The number of ether oxygens (including phenoxy) is 1. The Morgan fingerprint density at radius 2 is 2.25 bits per heavy atom. The third-order valence-electron chi connectivity index (χ3n) is 1.82. The molecule has 0 bridgehead atoms. The highest BCUT2D eigenvalue weighted by Crippen LogP contribution is 2.11. The lowest BCUT2D eigenvalue weighted by Crippen LogP contribution is -2.13. The fourth-order valence-electron chi connectivity index (χ4n) is 1.12. The van der Waals surface area contributed by atoms with Crippen molar-refractivity contribution in [3.63, 3.8) is 0 Å². The molecule has 61 valence electrons. The van der Waals surface area contributed by atoms with Crippen LogP contribution in [-0.4, -0.2) is 14.4 Å². The zero-order valence-corrected chi connectivity index (χ0v) is 7.50. The predicted octanol–water partition coefficient (Wildman–Crippen LogP) is 1.72. The molecule has 1 radical (unpaired) electrons. The fraction of sp³-hybridized carbons (Fsp3) is 0.200. The van der Waals surface area contributed by atoms with Gasteiger partial charge in [0.05, 0.1) is 7.11 Å². The molecule has 0 aliphatic carbocycles. The highest BCUT2D eigenvalue weighted by molar-refractivity contribution is 6.53. The molecule has 1 nitrogen and oxygen atoms in total. The summed E-state index contributed by atoms with van der Waals surface area (Å²) in [6, 6.07) is 5.94. The second kappa shape index (κ2) is 4.00. The van der Waals surface area contributed by atoms with Gasteiger partial charge in [0.25, 0.3) is 0 Å². The van der Waals surface area contributed by atoms with Crippen LogP contribution in [0, 0.1) is 0 Å². The van der Waals surface area contributed by atoms with Crippen LogP contribution in [0.2, 0.25) is 6.82 Å². The van der Waals surface area contributed by atoms with E-state index in [1.807, 2.05) is 31.1 Å². The van der Waals surface area contributed by atoms with Crippen molar-refractivity contribution in [2.45, 2.75) is 6.82 Å². The van der Waals surface area contributed by atoms with Crippen LogP contribution < -0.4 is 10.2 Å². The fourth-order valence-corrected chi connectivity index (χ4v) is 1.12. The summed E-state index contributed by atoms with van der Waals surface area (Å²) >= 11 is 0. The van der Waals surface area contributed by atoms with Gasteiger partial charge in [0.2, 0.25) is 0 Å². The van der Waals surface area contributed by atoms with Gasteiger partial charge in [-0.3, -0.25) is 0 Å². The Hall–Kier alpha value is -1.18. The Morgan fingerprint density at radius 3 is 2.75 bits per heavy atom. The first kappa shape index (κ1) is 8.92. The van der Waals surface area contributed by atoms with Crippen molar-refractivity contribution in [3.05, 3.63) is 30.3 Å². The summed E-state index contributed by atoms with van der Waals surface area (Å²) in [5.74, 6) is 0.871. The van der Waals surface area contributed by atoms with Crippen molar-refractivity contribution < 1.29 is 4.74 Å². The topological polar surface area (TPSA) is 9.23 Å². The van der Waals surface area contributed by atoms with Gasteiger partial charge in [-0.05, 0) is 17.7 Å². The largest absolute Gasteiger partial charge is 0.497 e. The van der Waals surface area contributed by atoms with Crippen molar-refractivity contribution in [2.24, 2.45) is 0 Å². The van der Waals surface area contributed by atoms with Crippen LogP contribution in [0.1, 0.15) is 5.56 Å². The summed E-state index contributed by atoms with van der Waals surface area (Å²) in [4.78, 5) is 0. The number of benzene rings is 1. The molecule has 0 spiro atoms. The van der Waals surface area contributed by atoms with Crippen LogP contribution in [0.25, 0.3) is 6.08 Å². The van der Waals surface area contributed by atoms with Gasteiger partial charge in [-0.15, -0.1) is 0 Å². The summed E-state index contributed by atoms with van der Waals surface area (Å²) in [7, 11) is 3.72. The standard InChI is InChI=1S/C10H12BO/c1-4-8-7-9(12-3)5-6-10(8)11-2/h4-7H,1H2,2-3H3. The molecule has 2 heteroatoms. The minimum atomic E-state index is 0.871. The van der Waals surface area contributed by atoms with Gasteiger partial charge in [-0.25, -0.2) is 0 Å². The zero-order valence-electron chi connectivity index (χ0n) is 7.50. The molecule has 0 aromatic heterocycles. The Kier molecular flexibility index (Phi) is 2.97. The average molecular weight is 159 g/mol. The molecule has 12 heavy (non-hydrogen) atoms. The maximum Gasteiger partial charge on any atom is 0.149 e. The van der Waals surface area contributed by atoms with Gasteiger partial charge in [0.1, 0.15) is 13.0 Å². The van der Waals surface area contributed by atoms with Gasteiger partial charge in [-0.2, -0.15) is 0 Å². The Labute approximate surface area is 74.3 Å². The lowest BCUT2D eigenvalue weighted by Gasteiger charge is -2.05. The second-order valence-corrected chi connectivity index (χ2v) is 2.49. The molecule has 1 aromatic rings. The maximum absolute atomic E-state index is 5.09. The van der Waals surface area contributed by atoms with E-state index in [1.165, 1.54) is 5.46 Å². The predicted molar refractivity (Wildman–Crippen MR) is 54.3 cm³/mol. The van der Waals surface area contributed by atoms with Crippen molar-refractivity contribution in [2.75, 3.05) is 7.11 Å². The first-order chi connectivity index (χ1) is 5.81. The van der Waals surface area contributed by atoms with Gasteiger partial charge < -0.3 is 4.74 Å². The van der Waals surface area contributed by atoms with E-state index in [-0.39, 0.29) is 0 Å². The van der Waals surface area contributed by atoms with Gasteiger partial charge in [0.15, 0.2) is 0 Å². The molecular formula is C10H12BO.